The monoisotopic (exact) mass is 393 g/mol. The fourth-order valence-corrected chi connectivity index (χ4v) is 3.11. The van der Waals surface area contributed by atoms with Gasteiger partial charge >= 0.3 is 0 Å². The van der Waals surface area contributed by atoms with E-state index >= 15 is 0 Å². The zero-order valence-electron chi connectivity index (χ0n) is 11.1. The maximum absolute atomic E-state index is 12.6. The van der Waals surface area contributed by atoms with Crippen LogP contribution in [0.3, 0.4) is 0 Å². The van der Waals surface area contributed by atoms with Crippen LogP contribution in [0.5, 0.6) is 5.75 Å². The van der Waals surface area contributed by atoms with Gasteiger partial charge in [-0.1, -0.05) is 24.4 Å². The van der Waals surface area contributed by atoms with Gasteiger partial charge in [-0.15, -0.1) is 0 Å². The topological polar surface area (TPSA) is 29.5 Å². The van der Waals surface area contributed by atoms with Crippen LogP contribution < -0.4 is 4.74 Å². The summed E-state index contributed by atoms with van der Waals surface area (Å²) in [4.78, 5) is 14.4. The minimum atomic E-state index is -0.0120. The second-order valence-corrected chi connectivity index (χ2v) is 6.39. The molecule has 1 amide bonds. The lowest BCUT2D eigenvalue weighted by Crippen LogP contribution is -2.35. The zero-order chi connectivity index (χ0) is 14.0. The smallest absolute Gasteiger partial charge is 0.257 e. The number of rotatable bonds is 3. The molecule has 1 aromatic carbocycles. The summed E-state index contributed by atoms with van der Waals surface area (Å²) in [6.45, 7) is 0. The van der Waals surface area contributed by atoms with E-state index in [9.17, 15) is 4.79 Å². The highest BCUT2D eigenvalue weighted by Crippen LogP contribution is 2.31. The van der Waals surface area contributed by atoms with Crippen molar-refractivity contribution in [3.63, 3.8) is 0 Å². The number of ether oxygens (including phenoxy) is 1. The highest BCUT2D eigenvalue weighted by atomic mass is 127. The van der Waals surface area contributed by atoms with Gasteiger partial charge in [0.2, 0.25) is 0 Å². The molecule has 1 saturated carbocycles. The summed E-state index contributed by atoms with van der Waals surface area (Å²) < 4.78 is 6.19. The molecule has 0 aliphatic heterocycles. The molecule has 0 saturated heterocycles. The van der Waals surface area contributed by atoms with Crippen molar-refractivity contribution in [1.82, 2.24) is 4.90 Å². The normalized spacial score (nSPS) is 15.6. The van der Waals surface area contributed by atoms with Crippen LogP contribution in [0.4, 0.5) is 0 Å². The van der Waals surface area contributed by atoms with Crippen LogP contribution >= 0.6 is 34.2 Å². The van der Waals surface area contributed by atoms with Crippen molar-refractivity contribution in [3.8, 4) is 5.75 Å². The van der Waals surface area contributed by atoms with E-state index in [0.717, 1.165) is 16.4 Å². The van der Waals surface area contributed by atoms with Gasteiger partial charge in [0, 0.05) is 16.7 Å². The molecule has 19 heavy (non-hydrogen) atoms. The van der Waals surface area contributed by atoms with Crippen LogP contribution in [-0.4, -0.2) is 31.0 Å². The lowest BCUT2D eigenvalue weighted by atomic mass is 10.1. The summed E-state index contributed by atoms with van der Waals surface area (Å²) in [6.07, 6.45) is 4.57. The number of hydrogen-bond donors (Lipinski definition) is 0. The number of hydrogen-bond acceptors (Lipinski definition) is 2. The molecule has 0 aromatic heterocycles. The molecule has 0 N–H and O–H groups in total. The van der Waals surface area contributed by atoms with Crippen LogP contribution in [0.2, 0.25) is 5.02 Å². The second-order valence-electron chi connectivity index (χ2n) is 4.82. The van der Waals surface area contributed by atoms with Crippen molar-refractivity contribution in [2.45, 2.75) is 31.7 Å². The van der Waals surface area contributed by atoms with Crippen molar-refractivity contribution in [3.05, 3.63) is 26.3 Å². The Morgan fingerprint density at radius 3 is 2.63 bits per heavy atom. The zero-order valence-corrected chi connectivity index (χ0v) is 14.0. The summed E-state index contributed by atoms with van der Waals surface area (Å²) in [5.74, 6) is 0.575. The van der Waals surface area contributed by atoms with Crippen molar-refractivity contribution in [1.29, 1.82) is 0 Å². The number of carbonyl (C=O) groups excluding carboxylic acids is 1. The molecule has 1 fully saturated rings. The molecule has 1 aromatic rings. The number of methoxy groups -OCH3 is 1. The second kappa shape index (κ2) is 6.31. The molecule has 0 spiro atoms. The van der Waals surface area contributed by atoms with Gasteiger partial charge in [-0.05, 0) is 47.6 Å². The van der Waals surface area contributed by atoms with Crippen molar-refractivity contribution < 1.29 is 9.53 Å². The standard InChI is InChI=1S/C14H17ClINO2/c1-17(9-5-3-4-6-9)14(18)10-7-11(15)12(16)8-13(10)19-2/h7-9H,3-6H2,1-2H3. The molecule has 1 aliphatic rings. The third-order valence-electron chi connectivity index (χ3n) is 3.67. The summed E-state index contributed by atoms with van der Waals surface area (Å²) >= 11 is 8.25. The summed E-state index contributed by atoms with van der Waals surface area (Å²) in [6, 6.07) is 3.85. The number of carbonyl (C=O) groups is 1. The quantitative estimate of drug-likeness (QED) is 0.727. The molecule has 1 aliphatic carbocycles. The first kappa shape index (κ1) is 14.9. The molecular formula is C14H17ClINO2. The van der Waals surface area contributed by atoms with Crippen molar-refractivity contribution in [2.75, 3.05) is 14.2 Å². The molecule has 104 valence electrons. The molecule has 2 rings (SSSR count). The maximum atomic E-state index is 12.6. The van der Waals surface area contributed by atoms with E-state index < -0.39 is 0 Å². The predicted octanol–water partition coefficient (Wildman–Crippen LogP) is 3.97. The Labute approximate surface area is 132 Å². The number of amides is 1. The minimum Gasteiger partial charge on any atom is -0.496 e. The van der Waals surface area contributed by atoms with E-state index in [0.29, 0.717) is 22.4 Å². The third-order valence-corrected chi connectivity index (χ3v) is 5.19. The Kier molecular flexibility index (Phi) is 4.95. The van der Waals surface area contributed by atoms with Gasteiger partial charge < -0.3 is 9.64 Å². The van der Waals surface area contributed by atoms with Crippen LogP contribution in [0, 0.1) is 3.57 Å². The lowest BCUT2D eigenvalue weighted by molar-refractivity contribution is 0.0732. The van der Waals surface area contributed by atoms with Crippen molar-refractivity contribution >= 4 is 40.1 Å². The number of benzene rings is 1. The average molecular weight is 394 g/mol. The van der Waals surface area contributed by atoms with Crippen LogP contribution in [0.15, 0.2) is 12.1 Å². The van der Waals surface area contributed by atoms with Gasteiger partial charge in [-0.2, -0.15) is 0 Å². The molecule has 0 bridgehead atoms. The van der Waals surface area contributed by atoms with E-state index in [2.05, 4.69) is 22.6 Å². The molecular weight excluding hydrogens is 377 g/mol. The first-order chi connectivity index (χ1) is 9.04. The third kappa shape index (κ3) is 3.16. The Morgan fingerprint density at radius 1 is 1.42 bits per heavy atom. The predicted molar refractivity (Wildman–Crippen MR) is 85.1 cm³/mol. The largest absolute Gasteiger partial charge is 0.496 e. The fourth-order valence-electron chi connectivity index (χ4n) is 2.51. The Bertz CT molecular complexity index is 487. The van der Waals surface area contributed by atoms with Gasteiger partial charge in [0.05, 0.1) is 17.7 Å². The molecule has 0 unspecified atom stereocenters. The van der Waals surface area contributed by atoms with Gasteiger partial charge in [0.15, 0.2) is 0 Å². The number of halogens is 2. The SMILES string of the molecule is COc1cc(I)c(Cl)cc1C(=O)N(C)C1CCCC1. The minimum absolute atomic E-state index is 0.0120. The molecule has 0 heterocycles. The molecule has 3 nitrogen and oxygen atoms in total. The van der Waals surface area contributed by atoms with E-state index in [-0.39, 0.29) is 5.91 Å². The first-order valence-electron chi connectivity index (χ1n) is 6.34. The molecule has 0 radical (unpaired) electrons. The highest BCUT2D eigenvalue weighted by Gasteiger charge is 2.26. The van der Waals surface area contributed by atoms with E-state index in [4.69, 9.17) is 16.3 Å². The Morgan fingerprint density at radius 2 is 2.05 bits per heavy atom. The average Bonchev–Trinajstić information content (AvgIpc) is 2.93. The molecule has 0 atom stereocenters. The Balaban J connectivity index is 2.29. The van der Waals surface area contributed by atoms with Crippen molar-refractivity contribution in [2.24, 2.45) is 0 Å². The van der Waals surface area contributed by atoms with Crippen LogP contribution in [-0.2, 0) is 0 Å². The lowest BCUT2D eigenvalue weighted by Gasteiger charge is -2.25. The van der Waals surface area contributed by atoms with Gasteiger partial charge in [0.25, 0.3) is 5.91 Å². The first-order valence-corrected chi connectivity index (χ1v) is 7.80. The maximum Gasteiger partial charge on any atom is 0.257 e. The summed E-state index contributed by atoms with van der Waals surface area (Å²) in [5.41, 5.74) is 0.544. The summed E-state index contributed by atoms with van der Waals surface area (Å²) in [5, 5.41) is 0.588. The van der Waals surface area contributed by atoms with Gasteiger partial charge in [-0.25, -0.2) is 0 Å². The fraction of sp³-hybridized carbons (Fsp3) is 0.500. The van der Waals surface area contributed by atoms with E-state index in [1.165, 1.54) is 12.8 Å². The summed E-state index contributed by atoms with van der Waals surface area (Å²) in [7, 11) is 3.44. The van der Waals surface area contributed by atoms with E-state index in [1.54, 1.807) is 19.2 Å². The Hall–Kier alpha value is -0.490. The highest BCUT2D eigenvalue weighted by molar-refractivity contribution is 14.1. The van der Waals surface area contributed by atoms with Gasteiger partial charge in [-0.3, -0.25) is 4.79 Å². The molecule has 5 heteroatoms. The van der Waals surface area contributed by atoms with E-state index in [1.807, 2.05) is 11.9 Å². The van der Waals surface area contributed by atoms with Crippen LogP contribution in [0.25, 0.3) is 0 Å². The van der Waals surface area contributed by atoms with Gasteiger partial charge in [0.1, 0.15) is 5.75 Å². The van der Waals surface area contributed by atoms with Crippen LogP contribution in [0.1, 0.15) is 36.0 Å². The number of nitrogens with zero attached hydrogens (tertiary/aromatic N) is 1.